The molecule has 0 bridgehead atoms. The van der Waals surface area contributed by atoms with Gasteiger partial charge >= 0.3 is 0 Å². The third kappa shape index (κ3) is 4.19. The van der Waals surface area contributed by atoms with E-state index in [1.165, 1.54) is 23.6 Å². The Morgan fingerprint density at radius 1 is 1.19 bits per heavy atom. The first-order valence-electron chi connectivity index (χ1n) is 9.57. The average Bonchev–Trinajstić information content (AvgIpc) is 3.43. The van der Waals surface area contributed by atoms with Crippen molar-refractivity contribution in [2.24, 2.45) is 7.05 Å². The van der Waals surface area contributed by atoms with Crippen LogP contribution < -0.4 is 4.72 Å². The van der Waals surface area contributed by atoms with Crippen LogP contribution in [0.3, 0.4) is 0 Å². The number of thiazole rings is 1. The summed E-state index contributed by atoms with van der Waals surface area (Å²) < 4.78 is 56.1. The maximum Gasteiger partial charge on any atom is 0.265 e. The van der Waals surface area contributed by atoms with Gasteiger partial charge in [-0.05, 0) is 38.0 Å². The summed E-state index contributed by atoms with van der Waals surface area (Å²) in [6, 6.07) is 4.00. The van der Waals surface area contributed by atoms with Crippen LogP contribution in [-0.4, -0.2) is 41.9 Å². The molecule has 3 heterocycles. The number of sulfonamides is 1. The van der Waals surface area contributed by atoms with E-state index >= 15 is 0 Å². The van der Waals surface area contributed by atoms with Gasteiger partial charge in [0.1, 0.15) is 26.4 Å². The lowest BCUT2D eigenvalue weighted by atomic mass is 10.3. The summed E-state index contributed by atoms with van der Waals surface area (Å²) in [5, 5.41) is 0.511. The highest BCUT2D eigenvalue weighted by molar-refractivity contribution is 7.92. The van der Waals surface area contributed by atoms with Crippen LogP contribution in [0.2, 0.25) is 0 Å². The lowest BCUT2D eigenvalue weighted by Gasteiger charge is -2.13. The van der Waals surface area contributed by atoms with Crippen LogP contribution in [0.25, 0.3) is 10.7 Å². The summed E-state index contributed by atoms with van der Waals surface area (Å²) >= 11 is 1.21. The van der Waals surface area contributed by atoms with Gasteiger partial charge in [-0.2, -0.15) is 0 Å². The number of aryl methyl sites for hydroxylation is 2. The van der Waals surface area contributed by atoms with Gasteiger partial charge in [0, 0.05) is 32.4 Å². The second-order valence-corrected chi connectivity index (χ2v) is 10.0. The van der Waals surface area contributed by atoms with E-state index in [9.17, 15) is 22.0 Å². The number of carbonyl (C=O) groups excluding carboxylic acids is 1. The molecule has 1 fully saturated rings. The van der Waals surface area contributed by atoms with Crippen LogP contribution in [0.1, 0.15) is 28.2 Å². The van der Waals surface area contributed by atoms with E-state index in [2.05, 4.69) is 9.71 Å². The lowest BCUT2D eigenvalue weighted by Crippen LogP contribution is -2.27. The minimum Gasteiger partial charge on any atom is -0.347 e. The van der Waals surface area contributed by atoms with Crippen molar-refractivity contribution in [1.29, 1.82) is 0 Å². The van der Waals surface area contributed by atoms with Crippen molar-refractivity contribution < 1.29 is 22.0 Å². The molecule has 0 saturated carbocycles. The highest BCUT2D eigenvalue weighted by Gasteiger charge is 2.26. The maximum atomic E-state index is 13.9. The van der Waals surface area contributed by atoms with Gasteiger partial charge in [0.2, 0.25) is 0 Å². The SMILES string of the molecule is Cc1nc(-c2cc(S(=O)(=O)Nc3ccc(F)cc3F)cn2C)sc1C(=O)N1CCCC1. The maximum absolute atomic E-state index is 13.9. The van der Waals surface area contributed by atoms with Gasteiger partial charge in [-0.3, -0.25) is 9.52 Å². The molecule has 0 atom stereocenters. The van der Waals surface area contributed by atoms with Crippen LogP contribution in [0.15, 0.2) is 35.4 Å². The predicted molar refractivity (Wildman–Crippen MR) is 114 cm³/mol. The molecule has 1 N–H and O–H groups in total. The monoisotopic (exact) mass is 466 g/mol. The fraction of sp³-hybridized carbons (Fsp3) is 0.300. The molecule has 164 valence electrons. The number of aromatic nitrogens is 2. The van der Waals surface area contributed by atoms with E-state index in [0.29, 0.717) is 27.3 Å². The zero-order valence-corrected chi connectivity index (χ0v) is 18.5. The number of carbonyl (C=O) groups is 1. The van der Waals surface area contributed by atoms with Crippen molar-refractivity contribution in [2.45, 2.75) is 24.7 Å². The largest absolute Gasteiger partial charge is 0.347 e. The highest BCUT2D eigenvalue weighted by Crippen LogP contribution is 2.32. The fourth-order valence-electron chi connectivity index (χ4n) is 3.44. The molecule has 0 spiro atoms. The molecule has 7 nitrogen and oxygen atoms in total. The Bertz CT molecular complexity index is 1260. The van der Waals surface area contributed by atoms with E-state index < -0.39 is 21.7 Å². The minimum atomic E-state index is -4.12. The molecule has 1 amide bonds. The van der Waals surface area contributed by atoms with Gasteiger partial charge < -0.3 is 9.47 Å². The quantitative estimate of drug-likeness (QED) is 0.620. The molecular formula is C20H20F2N4O3S2. The number of rotatable bonds is 5. The zero-order valence-electron chi connectivity index (χ0n) is 16.9. The van der Waals surface area contributed by atoms with Gasteiger partial charge in [0.05, 0.1) is 17.1 Å². The van der Waals surface area contributed by atoms with Crippen molar-refractivity contribution in [3.63, 3.8) is 0 Å². The van der Waals surface area contributed by atoms with Gasteiger partial charge in [-0.1, -0.05) is 0 Å². The summed E-state index contributed by atoms with van der Waals surface area (Å²) in [6.45, 7) is 3.20. The van der Waals surface area contributed by atoms with Crippen LogP contribution in [0.5, 0.6) is 0 Å². The third-order valence-corrected chi connectivity index (χ3v) is 7.57. The van der Waals surface area contributed by atoms with Crippen molar-refractivity contribution in [3.05, 3.63) is 52.7 Å². The Morgan fingerprint density at radius 3 is 2.58 bits per heavy atom. The van der Waals surface area contributed by atoms with Crippen molar-refractivity contribution in [1.82, 2.24) is 14.5 Å². The second-order valence-electron chi connectivity index (χ2n) is 7.33. The number of amides is 1. The molecule has 31 heavy (non-hydrogen) atoms. The first kappa shape index (κ1) is 21.4. The summed E-state index contributed by atoms with van der Waals surface area (Å²) in [7, 11) is -2.46. The number of halogens is 2. The van der Waals surface area contributed by atoms with Crippen molar-refractivity contribution >= 4 is 33.0 Å². The van der Waals surface area contributed by atoms with E-state index in [1.54, 1.807) is 23.4 Å². The topological polar surface area (TPSA) is 84.3 Å². The van der Waals surface area contributed by atoms with Gasteiger partial charge in [-0.15, -0.1) is 11.3 Å². The molecule has 3 aromatic rings. The molecular weight excluding hydrogens is 446 g/mol. The number of nitrogens with zero attached hydrogens (tertiary/aromatic N) is 3. The number of likely N-dealkylation sites (tertiary alicyclic amines) is 1. The molecule has 2 aromatic heterocycles. The molecule has 1 aliphatic heterocycles. The Kier molecular flexibility index (Phi) is 5.56. The first-order valence-corrected chi connectivity index (χ1v) is 11.9. The normalized spacial score (nSPS) is 14.3. The molecule has 0 aliphatic carbocycles. The van der Waals surface area contributed by atoms with E-state index in [4.69, 9.17) is 0 Å². The van der Waals surface area contributed by atoms with Gasteiger partial charge in [0.15, 0.2) is 0 Å². The van der Waals surface area contributed by atoms with Crippen LogP contribution in [-0.2, 0) is 17.1 Å². The zero-order chi connectivity index (χ0) is 22.3. The van der Waals surface area contributed by atoms with Crippen LogP contribution >= 0.6 is 11.3 Å². The number of benzene rings is 1. The second kappa shape index (κ2) is 8.04. The van der Waals surface area contributed by atoms with Crippen molar-refractivity contribution in [3.8, 4) is 10.7 Å². The molecule has 0 unspecified atom stereocenters. The standard InChI is InChI=1S/C20H20F2N4O3S2/c1-12-18(20(27)26-7-3-4-8-26)30-19(23-12)17-10-14(11-25(17)2)31(28,29)24-16-6-5-13(21)9-15(16)22/h5-6,9-11,24H,3-4,7-8H2,1-2H3. The molecule has 0 radical (unpaired) electrons. The van der Waals surface area contributed by atoms with E-state index in [-0.39, 0.29) is 16.5 Å². The predicted octanol–water partition coefficient (Wildman–Crippen LogP) is 3.77. The number of nitrogens with one attached hydrogen (secondary N) is 1. The van der Waals surface area contributed by atoms with E-state index in [1.807, 2.05) is 0 Å². The third-order valence-electron chi connectivity index (χ3n) is 5.07. The molecule has 1 aromatic carbocycles. The van der Waals surface area contributed by atoms with Crippen LogP contribution in [0, 0.1) is 18.6 Å². The molecule has 4 rings (SSSR count). The number of anilines is 1. The number of hydrogen-bond acceptors (Lipinski definition) is 5. The van der Waals surface area contributed by atoms with E-state index in [0.717, 1.165) is 38.1 Å². The molecule has 1 saturated heterocycles. The average molecular weight is 467 g/mol. The fourth-order valence-corrected chi connectivity index (χ4v) is 5.67. The summed E-state index contributed by atoms with van der Waals surface area (Å²) in [6.07, 6.45) is 3.34. The Labute approximate surface area is 182 Å². The summed E-state index contributed by atoms with van der Waals surface area (Å²) in [4.78, 5) is 19.4. The highest BCUT2D eigenvalue weighted by atomic mass is 32.2. The Morgan fingerprint density at radius 2 is 1.90 bits per heavy atom. The summed E-state index contributed by atoms with van der Waals surface area (Å²) in [5.74, 6) is -1.88. The first-order chi connectivity index (χ1) is 14.7. The van der Waals surface area contributed by atoms with Crippen molar-refractivity contribution in [2.75, 3.05) is 17.8 Å². The Balaban J connectivity index is 1.63. The smallest absolute Gasteiger partial charge is 0.265 e. The van der Waals surface area contributed by atoms with Gasteiger partial charge in [0.25, 0.3) is 15.9 Å². The summed E-state index contributed by atoms with van der Waals surface area (Å²) in [5.41, 5.74) is 0.748. The Hall–Kier alpha value is -2.79. The molecule has 1 aliphatic rings. The number of hydrogen-bond donors (Lipinski definition) is 1. The van der Waals surface area contributed by atoms with Crippen LogP contribution in [0.4, 0.5) is 14.5 Å². The lowest BCUT2D eigenvalue weighted by molar-refractivity contribution is 0.0796. The minimum absolute atomic E-state index is 0.0609. The van der Waals surface area contributed by atoms with Gasteiger partial charge in [-0.25, -0.2) is 22.2 Å². The molecule has 11 heteroatoms.